The number of nitrogens with zero attached hydrogens (tertiary/aromatic N) is 3. The number of likely N-dealkylation sites (tertiary alicyclic amines) is 1. The van der Waals surface area contributed by atoms with Gasteiger partial charge >= 0.3 is 0 Å². The first-order chi connectivity index (χ1) is 8.20. The maximum atomic E-state index is 11.4. The Kier molecular flexibility index (Phi) is 3.50. The third-order valence-corrected chi connectivity index (χ3v) is 3.15. The van der Waals surface area contributed by atoms with Crippen LogP contribution in [-0.4, -0.2) is 28.8 Å². The zero-order valence-electron chi connectivity index (χ0n) is 9.89. The van der Waals surface area contributed by atoms with Crippen LogP contribution in [0.1, 0.15) is 24.6 Å². The van der Waals surface area contributed by atoms with Crippen molar-refractivity contribution in [2.24, 2.45) is 5.92 Å². The maximum absolute atomic E-state index is 11.4. The van der Waals surface area contributed by atoms with Crippen molar-refractivity contribution in [3.8, 4) is 6.07 Å². The standard InChI is InChI=1S/C13H15N3O/c1-10-8-16(6-4-13(10)17)9-11-3-2-5-15-12(11)7-14/h2-3,5,10H,4,6,8-9H2,1H3. The quantitative estimate of drug-likeness (QED) is 0.768. The van der Waals surface area contributed by atoms with Crippen molar-refractivity contribution >= 4 is 5.78 Å². The van der Waals surface area contributed by atoms with Crippen molar-refractivity contribution < 1.29 is 4.79 Å². The third kappa shape index (κ3) is 2.69. The van der Waals surface area contributed by atoms with E-state index in [-0.39, 0.29) is 5.92 Å². The first kappa shape index (κ1) is 11.7. The van der Waals surface area contributed by atoms with Crippen molar-refractivity contribution in [1.29, 1.82) is 5.26 Å². The lowest BCUT2D eigenvalue weighted by Gasteiger charge is -2.29. The van der Waals surface area contributed by atoms with E-state index in [2.05, 4.69) is 16.0 Å². The molecule has 1 atom stereocenters. The van der Waals surface area contributed by atoms with Gasteiger partial charge in [-0.1, -0.05) is 13.0 Å². The summed E-state index contributed by atoms with van der Waals surface area (Å²) < 4.78 is 0. The van der Waals surface area contributed by atoms with Crippen LogP contribution in [0.5, 0.6) is 0 Å². The van der Waals surface area contributed by atoms with E-state index in [9.17, 15) is 4.79 Å². The number of aromatic nitrogens is 1. The van der Waals surface area contributed by atoms with E-state index in [0.29, 0.717) is 24.4 Å². The minimum absolute atomic E-state index is 0.103. The summed E-state index contributed by atoms with van der Waals surface area (Å²) in [4.78, 5) is 17.7. The van der Waals surface area contributed by atoms with E-state index in [1.165, 1.54) is 0 Å². The molecule has 17 heavy (non-hydrogen) atoms. The average molecular weight is 229 g/mol. The first-order valence-electron chi connectivity index (χ1n) is 5.79. The molecule has 1 saturated heterocycles. The normalized spacial score (nSPS) is 21.2. The second-order valence-electron chi connectivity index (χ2n) is 4.48. The van der Waals surface area contributed by atoms with Crippen LogP contribution >= 0.6 is 0 Å². The second kappa shape index (κ2) is 5.07. The highest BCUT2D eigenvalue weighted by Gasteiger charge is 2.23. The predicted octanol–water partition coefficient (Wildman–Crippen LogP) is 1.36. The van der Waals surface area contributed by atoms with Gasteiger partial charge in [-0.15, -0.1) is 0 Å². The molecule has 4 nitrogen and oxygen atoms in total. The molecule has 4 heteroatoms. The molecule has 88 valence electrons. The Morgan fingerprint density at radius 2 is 2.47 bits per heavy atom. The molecule has 1 aromatic heterocycles. The van der Waals surface area contributed by atoms with E-state index in [0.717, 1.165) is 18.7 Å². The molecule has 2 rings (SSSR count). The highest BCUT2D eigenvalue weighted by Crippen LogP contribution is 2.16. The van der Waals surface area contributed by atoms with Gasteiger partial charge in [0.1, 0.15) is 17.5 Å². The molecule has 0 bridgehead atoms. The Bertz CT molecular complexity index is 464. The van der Waals surface area contributed by atoms with Gasteiger partial charge in [-0.05, 0) is 6.07 Å². The zero-order chi connectivity index (χ0) is 12.3. The van der Waals surface area contributed by atoms with Gasteiger partial charge in [0.05, 0.1) is 0 Å². The van der Waals surface area contributed by atoms with E-state index in [4.69, 9.17) is 5.26 Å². The molecule has 1 unspecified atom stereocenters. The summed E-state index contributed by atoms with van der Waals surface area (Å²) in [5.41, 5.74) is 1.42. The van der Waals surface area contributed by atoms with Gasteiger partial charge in [0, 0.05) is 43.7 Å². The van der Waals surface area contributed by atoms with Gasteiger partial charge in [0.15, 0.2) is 0 Å². The largest absolute Gasteiger partial charge is 0.299 e. The Balaban J connectivity index is 2.07. The number of rotatable bonds is 2. The van der Waals surface area contributed by atoms with E-state index >= 15 is 0 Å². The number of piperidine rings is 1. The molecule has 2 heterocycles. The lowest BCUT2D eigenvalue weighted by atomic mass is 9.98. The lowest BCUT2D eigenvalue weighted by Crippen LogP contribution is -2.39. The van der Waals surface area contributed by atoms with E-state index in [1.807, 2.05) is 19.1 Å². The number of nitriles is 1. The Hall–Kier alpha value is -1.73. The van der Waals surface area contributed by atoms with Crippen molar-refractivity contribution in [3.05, 3.63) is 29.6 Å². The highest BCUT2D eigenvalue weighted by atomic mass is 16.1. The molecule has 0 amide bonds. The summed E-state index contributed by atoms with van der Waals surface area (Å²) in [5.74, 6) is 0.443. The van der Waals surface area contributed by atoms with E-state index in [1.54, 1.807) is 6.20 Å². The van der Waals surface area contributed by atoms with Gasteiger partial charge in [-0.2, -0.15) is 5.26 Å². The smallest absolute Gasteiger partial charge is 0.144 e. The summed E-state index contributed by atoms with van der Waals surface area (Å²) in [6, 6.07) is 5.87. The Morgan fingerprint density at radius 3 is 3.18 bits per heavy atom. The number of pyridine rings is 1. The number of carbonyl (C=O) groups excluding carboxylic acids is 1. The fourth-order valence-electron chi connectivity index (χ4n) is 2.15. The number of hydrogen-bond donors (Lipinski definition) is 0. The highest BCUT2D eigenvalue weighted by molar-refractivity contribution is 5.81. The van der Waals surface area contributed by atoms with Crippen LogP contribution in [0.25, 0.3) is 0 Å². The minimum Gasteiger partial charge on any atom is -0.299 e. The molecule has 1 fully saturated rings. The topological polar surface area (TPSA) is 57.0 Å². The van der Waals surface area contributed by atoms with Gasteiger partial charge in [0.2, 0.25) is 0 Å². The molecule has 1 aromatic rings. The fraction of sp³-hybridized carbons (Fsp3) is 0.462. The van der Waals surface area contributed by atoms with Crippen LogP contribution in [0.4, 0.5) is 0 Å². The van der Waals surface area contributed by atoms with Gasteiger partial charge in [-0.25, -0.2) is 4.98 Å². The zero-order valence-corrected chi connectivity index (χ0v) is 9.89. The number of hydrogen-bond acceptors (Lipinski definition) is 4. The molecule has 0 radical (unpaired) electrons. The minimum atomic E-state index is 0.103. The number of carbonyl (C=O) groups is 1. The van der Waals surface area contributed by atoms with Gasteiger partial charge in [0.25, 0.3) is 0 Å². The van der Waals surface area contributed by atoms with Crippen LogP contribution in [0.2, 0.25) is 0 Å². The lowest BCUT2D eigenvalue weighted by molar-refractivity contribution is -0.125. The summed E-state index contributed by atoms with van der Waals surface area (Å²) in [6.45, 7) is 4.22. The predicted molar refractivity (Wildman–Crippen MR) is 63.0 cm³/mol. The molecular weight excluding hydrogens is 214 g/mol. The molecule has 0 spiro atoms. The van der Waals surface area contributed by atoms with E-state index < -0.39 is 0 Å². The van der Waals surface area contributed by atoms with Crippen molar-refractivity contribution in [2.75, 3.05) is 13.1 Å². The summed E-state index contributed by atoms with van der Waals surface area (Å²) >= 11 is 0. The van der Waals surface area contributed by atoms with Crippen molar-refractivity contribution in [2.45, 2.75) is 19.9 Å². The SMILES string of the molecule is CC1CN(Cc2cccnc2C#N)CCC1=O. The molecule has 1 aliphatic rings. The van der Waals surface area contributed by atoms with Crippen LogP contribution in [-0.2, 0) is 11.3 Å². The molecular formula is C13H15N3O. The molecule has 0 aliphatic carbocycles. The van der Waals surface area contributed by atoms with Gasteiger partial charge in [-0.3, -0.25) is 9.69 Å². The first-order valence-corrected chi connectivity index (χ1v) is 5.79. The van der Waals surface area contributed by atoms with Crippen LogP contribution in [0.15, 0.2) is 18.3 Å². The summed E-state index contributed by atoms with van der Waals surface area (Å²) in [7, 11) is 0. The molecule has 0 N–H and O–H groups in total. The molecule has 0 aromatic carbocycles. The number of Topliss-reactive ketones (excluding diaryl/α,β-unsaturated/α-hetero) is 1. The van der Waals surface area contributed by atoms with Crippen molar-refractivity contribution in [3.63, 3.8) is 0 Å². The van der Waals surface area contributed by atoms with Crippen molar-refractivity contribution in [1.82, 2.24) is 9.88 Å². The van der Waals surface area contributed by atoms with Crippen LogP contribution in [0.3, 0.4) is 0 Å². The monoisotopic (exact) mass is 229 g/mol. The Morgan fingerprint density at radius 1 is 1.65 bits per heavy atom. The molecule has 0 saturated carbocycles. The maximum Gasteiger partial charge on any atom is 0.144 e. The molecule has 1 aliphatic heterocycles. The van der Waals surface area contributed by atoms with Gasteiger partial charge < -0.3 is 0 Å². The number of ketones is 1. The fourth-order valence-corrected chi connectivity index (χ4v) is 2.15. The Labute approximate surface area is 101 Å². The third-order valence-electron chi connectivity index (χ3n) is 3.15. The summed E-state index contributed by atoms with van der Waals surface area (Å²) in [6.07, 6.45) is 2.24. The second-order valence-corrected chi connectivity index (χ2v) is 4.48. The van der Waals surface area contributed by atoms with Crippen LogP contribution < -0.4 is 0 Å². The summed E-state index contributed by atoms with van der Waals surface area (Å²) in [5, 5.41) is 8.96. The van der Waals surface area contributed by atoms with Crippen LogP contribution in [0, 0.1) is 17.2 Å². The average Bonchev–Trinajstić information content (AvgIpc) is 2.34.